The first-order chi connectivity index (χ1) is 8.74. The molecule has 0 aliphatic carbocycles. The van der Waals surface area contributed by atoms with Gasteiger partial charge in [0.05, 0.1) is 13.2 Å². The number of nitrogens with two attached hydrogens (primary N) is 1. The molecule has 0 amide bonds. The summed E-state index contributed by atoms with van der Waals surface area (Å²) in [5, 5.41) is 0. The molecule has 0 saturated heterocycles. The van der Waals surface area contributed by atoms with Crippen LogP contribution in [0, 0.1) is 0 Å². The first kappa shape index (κ1) is 18.0. The Hall–Kier alpha value is -0.0231. The normalized spacial score (nSPS) is 12.0. The maximum absolute atomic E-state index is 5.44. The molecule has 2 N–H and O–H groups in total. The highest BCUT2D eigenvalue weighted by Crippen LogP contribution is 2.14. The Morgan fingerprint density at radius 1 is 0.778 bits per heavy atom. The summed E-state index contributed by atoms with van der Waals surface area (Å²) in [7, 11) is 2.42. The van der Waals surface area contributed by atoms with Crippen molar-refractivity contribution in [2.45, 2.75) is 18.9 Å². The molecular weight excluding hydrogens is 254 g/mol. The monoisotopic (exact) mass is 281 g/mol. The SMILES string of the molecule is CO[Si](CCCOCCOCCCN)(OC)OC. The minimum absolute atomic E-state index is 0.603. The third-order valence-electron chi connectivity index (χ3n) is 2.57. The van der Waals surface area contributed by atoms with Gasteiger partial charge >= 0.3 is 8.80 Å². The minimum atomic E-state index is -2.43. The molecule has 0 rings (SSSR count). The molecule has 0 saturated carbocycles. The molecule has 18 heavy (non-hydrogen) atoms. The highest BCUT2D eigenvalue weighted by Gasteiger charge is 2.36. The van der Waals surface area contributed by atoms with Crippen molar-refractivity contribution >= 4 is 8.80 Å². The second kappa shape index (κ2) is 12.0. The summed E-state index contributed by atoms with van der Waals surface area (Å²) in [5.41, 5.74) is 5.35. The zero-order valence-corrected chi connectivity index (χ0v) is 12.8. The van der Waals surface area contributed by atoms with Crippen LogP contribution < -0.4 is 5.73 Å². The molecule has 0 aliphatic heterocycles. The molecule has 0 heterocycles. The van der Waals surface area contributed by atoms with E-state index < -0.39 is 8.80 Å². The number of ether oxygens (including phenoxy) is 2. The molecule has 0 aromatic rings. The molecule has 0 unspecified atom stereocenters. The van der Waals surface area contributed by atoms with Gasteiger partial charge in [0.15, 0.2) is 0 Å². The topological polar surface area (TPSA) is 72.2 Å². The lowest BCUT2D eigenvalue weighted by Crippen LogP contribution is -2.42. The molecule has 0 spiro atoms. The van der Waals surface area contributed by atoms with Gasteiger partial charge in [0, 0.05) is 40.6 Å². The molecule has 0 fully saturated rings. The fraction of sp³-hybridized carbons (Fsp3) is 1.00. The van der Waals surface area contributed by atoms with Crippen molar-refractivity contribution in [2.75, 3.05) is 54.3 Å². The predicted molar refractivity (Wildman–Crippen MR) is 71.5 cm³/mol. The van der Waals surface area contributed by atoms with Crippen LogP contribution in [0.1, 0.15) is 12.8 Å². The van der Waals surface area contributed by atoms with Gasteiger partial charge in [-0.3, -0.25) is 0 Å². The van der Waals surface area contributed by atoms with Crippen LogP contribution in [0.15, 0.2) is 0 Å². The lowest BCUT2D eigenvalue weighted by Gasteiger charge is -2.24. The lowest BCUT2D eigenvalue weighted by molar-refractivity contribution is 0.0455. The van der Waals surface area contributed by atoms with E-state index in [-0.39, 0.29) is 0 Å². The van der Waals surface area contributed by atoms with E-state index in [1.165, 1.54) is 0 Å². The second-order valence-electron chi connectivity index (χ2n) is 3.77. The number of hydrogen-bond donors (Lipinski definition) is 1. The van der Waals surface area contributed by atoms with Gasteiger partial charge < -0.3 is 28.5 Å². The van der Waals surface area contributed by atoms with Gasteiger partial charge in [-0.1, -0.05) is 0 Å². The Bertz CT molecular complexity index is 173. The molecule has 7 heteroatoms. The third-order valence-corrected chi connectivity index (χ3v) is 5.40. The van der Waals surface area contributed by atoms with Gasteiger partial charge in [0.2, 0.25) is 0 Å². The van der Waals surface area contributed by atoms with Gasteiger partial charge in [0.1, 0.15) is 0 Å². The zero-order valence-electron chi connectivity index (χ0n) is 11.8. The van der Waals surface area contributed by atoms with Crippen LogP contribution in [-0.2, 0) is 22.8 Å². The van der Waals surface area contributed by atoms with E-state index in [0.29, 0.717) is 33.0 Å². The minimum Gasteiger partial charge on any atom is -0.379 e. The molecule has 6 nitrogen and oxygen atoms in total. The average molecular weight is 281 g/mol. The third kappa shape index (κ3) is 8.14. The Kier molecular flexibility index (Phi) is 12.0. The van der Waals surface area contributed by atoms with Crippen LogP contribution in [0.5, 0.6) is 0 Å². The summed E-state index contributed by atoms with van der Waals surface area (Å²) < 4.78 is 26.7. The van der Waals surface area contributed by atoms with E-state index in [1.54, 1.807) is 21.3 Å². The Balaban J connectivity index is 3.38. The molecule has 0 aromatic heterocycles. The van der Waals surface area contributed by atoms with Crippen molar-refractivity contribution in [3.63, 3.8) is 0 Å². The summed E-state index contributed by atoms with van der Waals surface area (Å²) in [4.78, 5) is 0. The largest absolute Gasteiger partial charge is 0.500 e. The second-order valence-corrected chi connectivity index (χ2v) is 6.86. The van der Waals surface area contributed by atoms with E-state index in [4.69, 9.17) is 28.5 Å². The van der Waals surface area contributed by atoms with Crippen LogP contribution in [0.3, 0.4) is 0 Å². The predicted octanol–water partition coefficient (Wildman–Crippen LogP) is 0.637. The van der Waals surface area contributed by atoms with Gasteiger partial charge in [0.25, 0.3) is 0 Å². The van der Waals surface area contributed by atoms with E-state index >= 15 is 0 Å². The maximum Gasteiger partial charge on any atom is 0.500 e. The summed E-state index contributed by atoms with van der Waals surface area (Å²) in [6.07, 6.45) is 1.74. The average Bonchev–Trinajstić information content (AvgIpc) is 2.42. The summed E-state index contributed by atoms with van der Waals surface area (Å²) in [5.74, 6) is 0. The van der Waals surface area contributed by atoms with E-state index in [1.807, 2.05) is 0 Å². The first-order valence-electron chi connectivity index (χ1n) is 6.25. The van der Waals surface area contributed by atoms with Crippen LogP contribution in [0.4, 0.5) is 0 Å². The molecule has 0 aromatic carbocycles. The van der Waals surface area contributed by atoms with Crippen molar-refractivity contribution in [3.8, 4) is 0 Å². The van der Waals surface area contributed by atoms with E-state index in [9.17, 15) is 0 Å². The van der Waals surface area contributed by atoms with Crippen molar-refractivity contribution in [1.82, 2.24) is 0 Å². The summed E-state index contributed by atoms with van der Waals surface area (Å²) >= 11 is 0. The number of rotatable bonds is 13. The van der Waals surface area contributed by atoms with Crippen LogP contribution in [-0.4, -0.2) is 63.1 Å². The first-order valence-corrected chi connectivity index (χ1v) is 8.19. The Morgan fingerprint density at radius 3 is 1.72 bits per heavy atom. The standard InChI is InChI=1S/C11H27NO5Si/c1-13-18(14-2,15-3)11-5-8-17-10-9-16-7-4-6-12/h4-12H2,1-3H3. The highest BCUT2D eigenvalue weighted by atomic mass is 28.4. The lowest BCUT2D eigenvalue weighted by atomic mass is 10.5. The fourth-order valence-electron chi connectivity index (χ4n) is 1.45. The Morgan fingerprint density at radius 2 is 1.28 bits per heavy atom. The smallest absolute Gasteiger partial charge is 0.379 e. The maximum atomic E-state index is 5.44. The van der Waals surface area contributed by atoms with Gasteiger partial charge in [-0.15, -0.1) is 0 Å². The van der Waals surface area contributed by atoms with E-state index in [2.05, 4.69) is 0 Å². The molecule has 110 valence electrons. The molecule has 0 radical (unpaired) electrons. The van der Waals surface area contributed by atoms with Crippen molar-refractivity contribution in [2.24, 2.45) is 5.73 Å². The van der Waals surface area contributed by atoms with Crippen LogP contribution in [0.25, 0.3) is 0 Å². The van der Waals surface area contributed by atoms with Crippen molar-refractivity contribution in [3.05, 3.63) is 0 Å². The molecule has 0 bridgehead atoms. The number of hydrogen-bond acceptors (Lipinski definition) is 6. The van der Waals surface area contributed by atoms with Crippen LogP contribution >= 0.6 is 0 Å². The zero-order chi connectivity index (χ0) is 13.7. The van der Waals surface area contributed by atoms with Crippen molar-refractivity contribution in [1.29, 1.82) is 0 Å². The summed E-state index contributed by atoms with van der Waals surface area (Å²) in [6, 6.07) is 0.754. The fourth-order valence-corrected chi connectivity index (χ4v) is 3.14. The summed E-state index contributed by atoms with van der Waals surface area (Å²) in [6.45, 7) is 3.24. The van der Waals surface area contributed by atoms with Gasteiger partial charge in [-0.2, -0.15) is 0 Å². The van der Waals surface area contributed by atoms with Gasteiger partial charge in [-0.05, 0) is 19.4 Å². The Labute approximate surface area is 111 Å². The quantitative estimate of drug-likeness (QED) is 0.394. The molecule has 0 atom stereocenters. The molecule has 0 aliphatic rings. The van der Waals surface area contributed by atoms with Gasteiger partial charge in [-0.25, -0.2) is 0 Å². The van der Waals surface area contributed by atoms with Crippen LogP contribution in [0.2, 0.25) is 6.04 Å². The highest BCUT2D eigenvalue weighted by molar-refractivity contribution is 6.60. The van der Waals surface area contributed by atoms with E-state index in [0.717, 1.165) is 18.9 Å². The molecular formula is C11H27NO5Si. The van der Waals surface area contributed by atoms with Crippen molar-refractivity contribution < 1.29 is 22.8 Å².